The zero-order valence-electron chi connectivity index (χ0n) is 15.4. The highest BCUT2D eigenvalue weighted by Gasteiger charge is 2.22. The average Bonchev–Trinajstić information content (AvgIpc) is 3.01. The van der Waals surface area contributed by atoms with Gasteiger partial charge in [0.2, 0.25) is 10.0 Å². The van der Waals surface area contributed by atoms with Crippen molar-refractivity contribution >= 4 is 32.7 Å². The van der Waals surface area contributed by atoms with E-state index >= 15 is 0 Å². The Morgan fingerprint density at radius 3 is 2.52 bits per heavy atom. The first-order chi connectivity index (χ1) is 12.7. The van der Waals surface area contributed by atoms with Crippen molar-refractivity contribution in [3.63, 3.8) is 0 Å². The van der Waals surface area contributed by atoms with Crippen molar-refractivity contribution in [1.29, 1.82) is 0 Å². The molecule has 142 valence electrons. The lowest BCUT2D eigenvalue weighted by atomic mass is 10.0. The first-order valence-electron chi connectivity index (χ1n) is 8.56. The highest BCUT2D eigenvalue weighted by atomic mass is 32.2. The third kappa shape index (κ3) is 4.65. The van der Waals surface area contributed by atoms with Gasteiger partial charge in [-0.1, -0.05) is 32.0 Å². The standard InChI is InChI=1S/C19H22N4O3S/c1-12(2)17(18-20-15-9-4-5-10-16(15)21-18)22-19(24)13-7-6-8-14(11-13)23-27(3,25)26/h4-12,17,23H,1-3H3,(H,20,21)(H,22,24). The highest BCUT2D eigenvalue weighted by molar-refractivity contribution is 7.92. The number of H-pyrrole nitrogens is 1. The van der Waals surface area contributed by atoms with E-state index in [9.17, 15) is 13.2 Å². The number of fused-ring (bicyclic) bond motifs is 1. The van der Waals surface area contributed by atoms with Crippen LogP contribution in [0.3, 0.4) is 0 Å². The Bertz CT molecular complexity index is 1040. The number of imidazole rings is 1. The van der Waals surface area contributed by atoms with Gasteiger partial charge in [0.1, 0.15) is 5.82 Å². The fraction of sp³-hybridized carbons (Fsp3) is 0.263. The molecular formula is C19H22N4O3S. The molecule has 0 aliphatic carbocycles. The van der Waals surface area contributed by atoms with Gasteiger partial charge in [-0.3, -0.25) is 9.52 Å². The molecular weight excluding hydrogens is 364 g/mol. The van der Waals surface area contributed by atoms with Gasteiger partial charge >= 0.3 is 0 Å². The first kappa shape index (κ1) is 18.9. The van der Waals surface area contributed by atoms with E-state index < -0.39 is 10.0 Å². The lowest BCUT2D eigenvalue weighted by Crippen LogP contribution is -2.32. The SMILES string of the molecule is CC(C)C(NC(=O)c1cccc(NS(C)(=O)=O)c1)c1nc2ccccc2[nH]1. The van der Waals surface area contributed by atoms with E-state index in [0.29, 0.717) is 17.1 Å². The predicted octanol–water partition coefficient (Wildman–Crippen LogP) is 3.06. The minimum Gasteiger partial charge on any atom is -0.342 e. The summed E-state index contributed by atoms with van der Waals surface area (Å²) in [7, 11) is -3.41. The molecule has 0 aliphatic heterocycles. The lowest BCUT2D eigenvalue weighted by Gasteiger charge is -2.20. The van der Waals surface area contributed by atoms with Gasteiger partial charge in [-0.2, -0.15) is 0 Å². The zero-order valence-corrected chi connectivity index (χ0v) is 16.2. The number of aromatic nitrogens is 2. The Labute approximate surface area is 158 Å². The van der Waals surface area contributed by atoms with Crippen molar-refractivity contribution < 1.29 is 13.2 Å². The molecule has 1 aromatic heterocycles. The molecule has 1 heterocycles. The monoisotopic (exact) mass is 386 g/mol. The molecule has 0 saturated carbocycles. The van der Waals surface area contributed by atoms with Gasteiger partial charge in [-0.05, 0) is 36.2 Å². The van der Waals surface area contributed by atoms with Crippen molar-refractivity contribution in [3.05, 3.63) is 59.9 Å². The summed E-state index contributed by atoms with van der Waals surface area (Å²) >= 11 is 0. The summed E-state index contributed by atoms with van der Waals surface area (Å²) in [4.78, 5) is 20.6. The maximum Gasteiger partial charge on any atom is 0.251 e. The number of nitrogens with one attached hydrogen (secondary N) is 3. The normalized spacial score (nSPS) is 12.9. The second-order valence-corrected chi connectivity index (χ2v) is 8.54. The Morgan fingerprint density at radius 2 is 1.85 bits per heavy atom. The summed E-state index contributed by atoms with van der Waals surface area (Å²) in [5.41, 5.74) is 2.46. The van der Waals surface area contributed by atoms with Gasteiger partial charge in [0.15, 0.2) is 0 Å². The van der Waals surface area contributed by atoms with E-state index in [-0.39, 0.29) is 17.9 Å². The van der Waals surface area contributed by atoms with Crippen LogP contribution in [0.15, 0.2) is 48.5 Å². The topological polar surface area (TPSA) is 104 Å². The number of carbonyl (C=O) groups excluding carboxylic acids is 1. The number of hydrogen-bond donors (Lipinski definition) is 3. The maximum absolute atomic E-state index is 12.7. The van der Waals surface area contributed by atoms with Crippen molar-refractivity contribution in [2.45, 2.75) is 19.9 Å². The van der Waals surface area contributed by atoms with Gasteiger partial charge in [0.05, 0.1) is 23.3 Å². The molecule has 0 aliphatic rings. The second kappa shape index (κ2) is 7.40. The Hall–Kier alpha value is -2.87. The molecule has 3 N–H and O–H groups in total. The molecule has 7 nitrogen and oxygen atoms in total. The van der Waals surface area contributed by atoms with Crippen LogP contribution in [0.4, 0.5) is 5.69 Å². The Balaban J connectivity index is 1.84. The number of benzene rings is 2. The Morgan fingerprint density at radius 1 is 1.11 bits per heavy atom. The Kier molecular flexibility index (Phi) is 5.18. The average molecular weight is 386 g/mol. The van der Waals surface area contributed by atoms with Crippen molar-refractivity contribution in [3.8, 4) is 0 Å². The van der Waals surface area contributed by atoms with Gasteiger partial charge in [0.25, 0.3) is 5.91 Å². The third-order valence-corrected chi connectivity index (χ3v) is 4.69. The summed E-state index contributed by atoms with van der Waals surface area (Å²) in [5.74, 6) is 0.489. The minimum atomic E-state index is -3.41. The molecule has 1 amide bonds. The summed E-state index contributed by atoms with van der Waals surface area (Å²) in [5, 5.41) is 2.99. The molecule has 0 saturated heterocycles. The molecule has 1 atom stereocenters. The number of carbonyl (C=O) groups is 1. The zero-order chi connectivity index (χ0) is 19.6. The van der Waals surface area contributed by atoms with E-state index in [1.807, 2.05) is 38.1 Å². The van der Waals surface area contributed by atoms with Gasteiger partial charge in [-0.25, -0.2) is 13.4 Å². The van der Waals surface area contributed by atoms with E-state index in [1.165, 1.54) is 6.07 Å². The molecule has 8 heteroatoms. The predicted molar refractivity (Wildman–Crippen MR) is 106 cm³/mol. The van der Waals surface area contributed by atoms with E-state index in [2.05, 4.69) is 20.0 Å². The smallest absolute Gasteiger partial charge is 0.251 e. The van der Waals surface area contributed by atoms with Gasteiger partial charge in [0, 0.05) is 11.3 Å². The molecule has 0 radical (unpaired) electrons. The van der Waals surface area contributed by atoms with Crippen LogP contribution in [0.25, 0.3) is 11.0 Å². The molecule has 27 heavy (non-hydrogen) atoms. The maximum atomic E-state index is 12.7. The fourth-order valence-corrected chi connectivity index (χ4v) is 3.39. The van der Waals surface area contributed by atoms with Crippen molar-refractivity contribution in [1.82, 2.24) is 15.3 Å². The molecule has 0 spiro atoms. The number of sulfonamides is 1. The van der Waals surface area contributed by atoms with Crippen LogP contribution in [0.1, 0.15) is 36.1 Å². The summed E-state index contributed by atoms with van der Waals surface area (Å²) in [6, 6.07) is 13.7. The lowest BCUT2D eigenvalue weighted by molar-refractivity contribution is 0.0923. The summed E-state index contributed by atoms with van der Waals surface area (Å²) in [6.07, 6.45) is 1.07. The van der Waals surface area contributed by atoms with Gasteiger partial charge in [-0.15, -0.1) is 0 Å². The van der Waals surface area contributed by atoms with Gasteiger partial charge < -0.3 is 10.3 Å². The van der Waals surface area contributed by atoms with E-state index in [4.69, 9.17) is 0 Å². The first-order valence-corrected chi connectivity index (χ1v) is 10.5. The van der Waals surface area contributed by atoms with E-state index in [0.717, 1.165) is 17.3 Å². The van der Waals surface area contributed by atoms with E-state index in [1.54, 1.807) is 18.2 Å². The fourth-order valence-electron chi connectivity index (χ4n) is 2.83. The van der Waals surface area contributed by atoms with Crippen LogP contribution in [0.2, 0.25) is 0 Å². The van der Waals surface area contributed by atoms with Crippen LogP contribution >= 0.6 is 0 Å². The van der Waals surface area contributed by atoms with Crippen LogP contribution in [-0.4, -0.2) is 30.5 Å². The molecule has 3 rings (SSSR count). The quantitative estimate of drug-likeness (QED) is 0.605. The number of para-hydroxylation sites is 2. The van der Waals surface area contributed by atoms with Crippen molar-refractivity contribution in [2.24, 2.45) is 5.92 Å². The summed E-state index contributed by atoms with van der Waals surface area (Å²) in [6.45, 7) is 4.00. The number of anilines is 1. The van der Waals surface area contributed by atoms with Crippen LogP contribution in [0.5, 0.6) is 0 Å². The number of amides is 1. The molecule has 0 fully saturated rings. The number of hydrogen-bond acceptors (Lipinski definition) is 4. The minimum absolute atomic E-state index is 0.104. The molecule has 3 aromatic rings. The van der Waals surface area contributed by atoms with Crippen LogP contribution in [-0.2, 0) is 10.0 Å². The molecule has 2 aromatic carbocycles. The number of aromatic amines is 1. The number of nitrogens with zero attached hydrogens (tertiary/aromatic N) is 1. The third-order valence-electron chi connectivity index (χ3n) is 4.08. The van der Waals surface area contributed by atoms with Crippen LogP contribution < -0.4 is 10.0 Å². The van der Waals surface area contributed by atoms with Crippen LogP contribution in [0, 0.1) is 5.92 Å². The van der Waals surface area contributed by atoms with Crippen molar-refractivity contribution in [2.75, 3.05) is 11.0 Å². The highest BCUT2D eigenvalue weighted by Crippen LogP contribution is 2.23. The second-order valence-electron chi connectivity index (χ2n) is 6.79. The number of rotatable bonds is 6. The largest absolute Gasteiger partial charge is 0.342 e. The summed E-state index contributed by atoms with van der Waals surface area (Å²) < 4.78 is 25.2. The molecule has 0 bridgehead atoms. The molecule has 1 unspecified atom stereocenters.